The van der Waals surface area contributed by atoms with Gasteiger partial charge in [0.1, 0.15) is 0 Å². The largest absolute Gasteiger partial charge is 0.334 e. The van der Waals surface area contributed by atoms with Crippen LogP contribution in [0.5, 0.6) is 0 Å². The molecule has 1 aliphatic rings. The zero-order valence-electron chi connectivity index (χ0n) is 10.3. The Balaban J connectivity index is 0.00000162. The zero-order chi connectivity index (χ0) is 12.4. The van der Waals surface area contributed by atoms with E-state index in [0.717, 1.165) is 24.9 Å². The highest BCUT2D eigenvalue weighted by atomic mass is 35.5. The van der Waals surface area contributed by atoms with Crippen LogP contribution in [0, 0.1) is 0 Å². The number of rotatable bonds is 2. The van der Waals surface area contributed by atoms with E-state index >= 15 is 0 Å². The molecule has 1 aromatic rings. The normalized spacial score (nSPS) is 20.4. The van der Waals surface area contributed by atoms with Crippen LogP contribution in [0.4, 0.5) is 0 Å². The molecule has 0 bridgehead atoms. The summed E-state index contributed by atoms with van der Waals surface area (Å²) in [6.07, 6.45) is 2.01. The maximum atomic E-state index is 12.0. The quantitative estimate of drug-likeness (QED) is 0.910. The fourth-order valence-electron chi connectivity index (χ4n) is 2.35. The lowest BCUT2D eigenvalue weighted by atomic mass is 10.0. The molecule has 1 heterocycles. The number of carbonyl (C=O) groups is 1. The van der Waals surface area contributed by atoms with Crippen LogP contribution in [0.3, 0.4) is 0 Å². The third-order valence-electron chi connectivity index (χ3n) is 3.16. The van der Waals surface area contributed by atoms with Crippen molar-refractivity contribution in [3.8, 4) is 0 Å². The van der Waals surface area contributed by atoms with Crippen molar-refractivity contribution in [3.63, 3.8) is 0 Å². The molecule has 0 spiro atoms. The Kier molecular flexibility index (Phi) is 5.45. The van der Waals surface area contributed by atoms with Crippen LogP contribution >= 0.6 is 24.0 Å². The molecule has 1 aromatic carbocycles. The maximum absolute atomic E-state index is 12.0. The van der Waals surface area contributed by atoms with Crippen molar-refractivity contribution in [2.24, 2.45) is 5.73 Å². The third-order valence-corrected chi connectivity index (χ3v) is 3.39. The van der Waals surface area contributed by atoms with Crippen LogP contribution in [-0.2, 0) is 4.79 Å². The first-order chi connectivity index (χ1) is 8.09. The van der Waals surface area contributed by atoms with E-state index in [1.807, 2.05) is 29.2 Å². The van der Waals surface area contributed by atoms with Crippen molar-refractivity contribution in [1.29, 1.82) is 0 Å². The van der Waals surface area contributed by atoms with Gasteiger partial charge in [-0.1, -0.05) is 23.7 Å². The predicted octanol–water partition coefficient (Wildman–Crippen LogP) is 2.77. The van der Waals surface area contributed by atoms with Gasteiger partial charge in [-0.2, -0.15) is 0 Å². The number of nitrogens with zero attached hydrogens (tertiary/aromatic N) is 1. The Morgan fingerprint density at radius 1 is 1.56 bits per heavy atom. The van der Waals surface area contributed by atoms with Gasteiger partial charge in [0, 0.05) is 11.6 Å². The van der Waals surface area contributed by atoms with E-state index in [9.17, 15) is 4.79 Å². The maximum Gasteiger partial charge on any atom is 0.239 e. The summed E-state index contributed by atoms with van der Waals surface area (Å²) in [5.41, 5.74) is 6.77. The second kappa shape index (κ2) is 6.41. The van der Waals surface area contributed by atoms with E-state index in [-0.39, 0.29) is 24.4 Å². The topological polar surface area (TPSA) is 46.3 Å². The first-order valence-electron chi connectivity index (χ1n) is 5.91. The first-order valence-corrected chi connectivity index (χ1v) is 6.29. The van der Waals surface area contributed by atoms with Crippen molar-refractivity contribution in [2.75, 3.05) is 6.54 Å². The van der Waals surface area contributed by atoms with Gasteiger partial charge < -0.3 is 10.6 Å². The second-order valence-corrected chi connectivity index (χ2v) is 4.97. The first kappa shape index (κ1) is 15.3. The molecule has 1 unspecified atom stereocenters. The van der Waals surface area contributed by atoms with E-state index < -0.39 is 6.04 Å². The number of nitrogens with two attached hydrogens (primary N) is 1. The molecule has 0 aliphatic carbocycles. The van der Waals surface area contributed by atoms with Gasteiger partial charge in [-0.15, -0.1) is 12.4 Å². The van der Waals surface area contributed by atoms with E-state index in [1.54, 1.807) is 6.92 Å². The van der Waals surface area contributed by atoms with Crippen LogP contribution in [-0.4, -0.2) is 23.4 Å². The summed E-state index contributed by atoms with van der Waals surface area (Å²) >= 11 is 5.98. The minimum absolute atomic E-state index is 0. The van der Waals surface area contributed by atoms with Gasteiger partial charge in [0.05, 0.1) is 12.1 Å². The van der Waals surface area contributed by atoms with Gasteiger partial charge >= 0.3 is 0 Å². The van der Waals surface area contributed by atoms with Crippen molar-refractivity contribution < 1.29 is 4.79 Å². The number of amides is 1. The molecular weight excluding hydrogens is 271 g/mol. The van der Waals surface area contributed by atoms with E-state index in [0.29, 0.717) is 5.02 Å². The minimum atomic E-state index is -0.435. The molecule has 2 atom stereocenters. The highest BCUT2D eigenvalue weighted by Crippen LogP contribution is 2.33. The molecule has 2 rings (SSSR count). The molecule has 3 nitrogen and oxygen atoms in total. The molecule has 1 amide bonds. The summed E-state index contributed by atoms with van der Waals surface area (Å²) in [5.74, 6) is 0.0208. The molecule has 1 aliphatic heterocycles. The van der Waals surface area contributed by atoms with E-state index in [2.05, 4.69) is 0 Å². The molecule has 5 heteroatoms. The number of likely N-dealkylation sites (tertiary alicyclic amines) is 1. The molecule has 2 N–H and O–H groups in total. The number of hydrogen-bond donors (Lipinski definition) is 1. The lowest BCUT2D eigenvalue weighted by molar-refractivity contribution is -0.133. The monoisotopic (exact) mass is 288 g/mol. The average molecular weight is 289 g/mol. The lowest BCUT2D eigenvalue weighted by Crippen LogP contribution is -2.41. The molecule has 1 fully saturated rings. The van der Waals surface area contributed by atoms with E-state index in [4.69, 9.17) is 17.3 Å². The Bertz CT molecular complexity index is 423. The minimum Gasteiger partial charge on any atom is -0.334 e. The van der Waals surface area contributed by atoms with Crippen molar-refractivity contribution in [1.82, 2.24) is 4.90 Å². The van der Waals surface area contributed by atoms with Crippen molar-refractivity contribution in [2.45, 2.75) is 31.8 Å². The average Bonchev–Trinajstić information content (AvgIpc) is 2.76. The fraction of sp³-hybridized carbons (Fsp3) is 0.462. The van der Waals surface area contributed by atoms with Crippen LogP contribution < -0.4 is 5.73 Å². The highest BCUT2D eigenvalue weighted by Gasteiger charge is 2.31. The predicted molar refractivity (Wildman–Crippen MR) is 76.0 cm³/mol. The standard InChI is InChI=1S/C13H17ClN2O.ClH/c1-9(15)13(17)16-7-3-6-12(16)10-4-2-5-11(14)8-10;/h2,4-5,8-9,12H,3,6-7,15H2,1H3;1H/t9-,12?;/m0./s1. The summed E-state index contributed by atoms with van der Waals surface area (Å²) in [4.78, 5) is 13.9. The summed E-state index contributed by atoms with van der Waals surface area (Å²) in [7, 11) is 0. The molecule has 100 valence electrons. The summed E-state index contributed by atoms with van der Waals surface area (Å²) in [5, 5.41) is 0.711. The van der Waals surface area contributed by atoms with Gasteiger partial charge in [0.15, 0.2) is 0 Å². The Morgan fingerprint density at radius 2 is 2.28 bits per heavy atom. The zero-order valence-corrected chi connectivity index (χ0v) is 11.9. The number of hydrogen-bond acceptors (Lipinski definition) is 2. The van der Waals surface area contributed by atoms with Crippen LogP contribution in [0.25, 0.3) is 0 Å². The van der Waals surface area contributed by atoms with Gasteiger partial charge in [0.2, 0.25) is 5.91 Å². The Hall–Kier alpha value is -0.770. The molecule has 0 saturated carbocycles. The highest BCUT2D eigenvalue weighted by molar-refractivity contribution is 6.30. The SMILES string of the molecule is C[C@H](N)C(=O)N1CCCC1c1cccc(Cl)c1.Cl. The number of halogens is 2. The summed E-state index contributed by atoms with van der Waals surface area (Å²) < 4.78 is 0. The van der Waals surface area contributed by atoms with Crippen LogP contribution in [0.1, 0.15) is 31.4 Å². The Morgan fingerprint density at radius 3 is 2.89 bits per heavy atom. The third kappa shape index (κ3) is 3.16. The van der Waals surface area contributed by atoms with Gasteiger partial charge in [0.25, 0.3) is 0 Å². The summed E-state index contributed by atoms with van der Waals surface area (Å²) in [6, 6.07) is 7.41. The van der Waals surface area contributed by atoms with Crippen molar-refractivity contribution >= 4 is 29.9 Å². The lowest BCUT2D eigenvalue weighted by Gasteiger charge is -2.26. The van der Waals surface area contributed by atoms with Crippen LogP contribution in [0.2, 0.25) is 5.02 Å². The molecular formula is C13H18Cl2N2O. The molecule has 1 saturated heterocycles. The smallest absolute Gasteiger partial charge is 0.239 e. The number of carbonyl (C=O) groups excluding carboxylic acids is 1. The number of benzene rings is 1. The fourth-order valence-corrected chi connectivity index (χ4v) is 2.55. The van der Waals surface area contributed by atoms with Crippen LogP contribution in [0.15, 0.2) is 24.3 Å². The molecule has 0 radical (unpaired) electrons. The van der Waals surface area contributed by atoms with E-state index in [1.165, 1.54) is 0 Å². The van der Waals surface area contributed by atoms with Gasteiger partial charge in [-0.3, -0.25) is 4.79 Å². The van der Waals surface area contributed by atoms with Gasteiger partial charge in [-0.25, -0.2) is 0 Å². The Labute approximate surface area is 119 Å². The van der Waals surface area contributed by atoms with Gasteiger partial charge in [-0.05, 0) is 37.5 Å². The molecule has 18 heavy (non-hydrogen) atoms. The van der Waals surface area contributed by atoms with Crippen molar-refractivity contribution in [3.05, 3.63) is 34.9 Å². The summed E-state index contributed by atoms with van der Waals surface area (Å²) in [6.45, 7) is 2.52. The molecule has 0 aromatic heterocycles. The second-order valence-electron chi connectivity index (χ2n) is 4.53.